The van der Waals surface area contributed by atoms with Gasteiger partial charge in [-0.15, -0.1) is 0 Å². The number of rotatable bonds is 2. The quantitative estimate of drug-likeness (QED) is 0.900. The van der Waals surface area contributed by atoms with Gasteiger partial charge in [-0.3, -0.25) is 4.98 Å². The van der Waals surface area contributed by atoms with Crippen LogP contribution in [0.4, 0.5) is 20.2 Å². The summed E-state index contributed by atoms with van der Waals surface area (Å²) in [5.41, 5.74) is 0.954. The van der Waals surface area contributed by atoms with E-state index in [2.05, 4.69) is 26.2 Å². The van der Waals surface area contributed by atoms with Gasteiger partial charge in [0.2, 0.25) is 0 Å². The zero-order chi connectivity index (χ0) is 12.4. The molecule has 17 heavy (non-hydrogen) atoms. The Morgan fingerprint density at radius 1 is 1.12 bits per heavy atom. The van der Waals surface area contributed by atoms with Crippen LogP contribution in [0.25, 0.3) is 0 Å². The Labute approximate surface area is 106 Å². The van der Waals surface area contributed by atoms with Crippen molar-refractivity contribution in [1.82, 2.24) is 4.98 Å². The Kier molecular flexibility index (Phi) is 3.38. The molecule has 1 aromatic heterocycles. The van der Waals surface area contributed by atoms with Crippen molar-refractivity contribution in [2.75, 3.05) is 5.32 Å². The molecule has 0 bridgehead atoms. The Morgan fingerprint density at radius 2 is 1.88 bits per heavy atom. The van der Waals surface area contributed by atoms with E-state index < -0.39 is 11.6 Å². The summed E-state index contributed by atoms with van der Waals surface area (Å²) in [6.45, 7) is 1.52. The third-order valence-corrected chi connectivity index (χ3v) is 2.67. The van der Waals surface area contributed by atoms with Gasteiger partial charge in [0.15, 0.2) is 0 Å². The van der Waals surface area contributed by atoms with Crippen molar-refractivity contribution < 1.29 is 8.78 Å². The summed E-state index contributed by atoms with van der Waals surface area (Å²) < 4.78 is 27.6. The van der Waals surface area contributed by atoms with Crippen LogP contribution in [-0.2, 0) is 0 Å². The zero-order valence-corrected chi connectivity index (χ0v) is 10.6. The van der Waals surface area contributed by atoms with Crippen molar-refractivity contribution in [3.8, 4) is 0 Å². The van der Waals surface area contributed by atoms with Crippen LogP contribution in [0.15, 0.2) is 35.1 Å². The number of benzene rings is 1. The van der Waals surface area contributed by atoms with Crippen molar-refractivity contribution in [3.05, 3.63) is 52.3 Å². The first-order chi connectivity index (χ1) is 8.06. The number of halogens is 3. The highest BCUT2D eigenvalue weighted by Crippen LogP contribution is 2.23. The smallest absolute Gasteiger partial charge is 0.147 e. The van der Waals surface area contributed by atoms with E-state index in [1.807, 2.05) is 0 Å². The fourth-order valence-corrected chi connectivity index (χ4v) is 1.74. The molecule has 2 aromatic rings. The van der Waals surface area contributed by atoms with Gasteiger partial charge < -0.3 is 5.32 Å². The molecule has 0 spiro atoms. The van der Waals surface area contributed by atoms with Crippen molar-refractivity contribution >= 4 is 27.3 Å². The van der Waals surface area contributed by atoms with E-state index in [9.17, 15) is 8.78 Å². The van der Waals surface area contributed by atoms with E-state index in [4.69, 9.17) is 0 Å². The van der Waals surface area contributed by atoms with E-state index >= 15 is 0 Å². The van der Waals surface area contributed by atoms with Crippen LogP contribution in [0.2, 0.25) is 0 Å². The van der Waals surface area contributed by atoms with Gasteiger partial charge in [-0.25, -0.2) is 8.78 Å². The van der Waals surface area contributed by atoms with Gasteiger partial charge in [0.25, 0.3) is 0 Å². The van der Waals surface area contributed by atoms with Crippen LogP contribution in [-0.4, -0.2) is 4.98 Å². The highest BCUT2D eigenvalue weighted by atomic mass is 79.9. The molecule has 0 aliphatic carbocycles. The lowest BCUT2D eigenvalue weighted by molar-refractivity contribution is 0.595. The van der Waals surface area contributed by atoms with Crippen LogP contribution in [0.1, 0.15) is 5.56 Å². The van der Waals surface area contributed by atoms with Crippen LogP contribution in [0, 0.1) is 18.6 Å². The first kappa shape index (κ1) is 12.0. The predicted molar refractivity (Wildman–Crippen MR) is 66.3 cm³/mol. The van der Waals surface area contributed by atoms with Crippen molar-refractivity contribution in [2.45, 2.75) is 6.92 Å². The van der Waals surface area contributed by atoms with E-state index in [0.717, 1.165) is 16.6 Å². The number of hydrogen-bond donors (Lipinski definition) is 1. The molecule has 0 atom stereocenters. The third kappa shape index (κ3) is 2.79. The molecule has 0 amide bonds. The normalized spacial score (nSPS) is 10.4. The minimum Gasteiger partial charge on any atom is -0.352 e. The molecule has 88 valence electrons. The van der Waals surface area contributed by atoms with Crippen molar-refractivity contribution in [3.63, 3.8) is 0 Å². The van der Waals surface area contributed by atoms with E-state index in [-0.39, 0.29) is 11.3 Å². The molecule has 5 heteroatoms. The summed E-state index contributed by atoms with van der Waals surface area (Å²) in [5, 5.41) is 2.77. The molecule has 0 aliphatic heterocycles. The summed E-state index contributed by atoms with van der Waals surface area (Å²) in [5.74, 6) is -0.944. The topological polar surface area (TPSA) is 24.9 Å². The molecule has 0 aliphatic rings. The molecule has 1 heterocycles. The van der Waals surface area contributed by atoms with E-state index in [0.29, 0.717) is 5.69 Å². The number of nitrogens with zero attached hydrogens (tertiary/aromatic N) is 1. The summed E-state index contributed by atoms with van der Waals surface area (Å²) in [6.07, 6.45) is 3.14. The SMILES string of the molecule is Cc1cc(F)c(Nc2cncc(Br)c2)cc1F. The average Bonchev–Trinajstić information content (AvgIpc) is 2.26. The second kappa shape index (κ2) is 4.79. The molecule has 0 radical (unpaired) electrons. The molecule has 0 unspecified atom stereocenters. The Hall–Kier alpha value is -1.49. The zero-order valence-electron chi connectivity index (χ0n) is 8.97. The summed E-state index contributed by atoms with van der Waals surface area (Å²) in [4.78, 5) is 3.92. The van der Waals surface area contributed by atoms with Crippen LogP contribution in [0.5, 0.6) is 0 Å². The molecular formula is C12H9BrF2N2. The number of nitrogens with one attached hydrogen (secondary N) is 1. The molecule has 0 saturated carbocycles. The predicted octanol–water partition coefficient (Wildman–Crippen LogP) is 4.17. The monoisotopic (exact) mass is 298 g/mol. The van der Waals surface area contributed by atoms with Gasteiger partial charge >= 0.3 is 0 Å². The lowest BCUT2D eigenvalue weighted by Gasteiger charge is -2.08. The maximum absolute atomic E-state index is 13.6. The largest absolute Gasteiger partial charge is 0.352 e. The first-order valence-electron chi connectivity index (χ1n) is 4.89. The van der Waals surface area contributed by atoms with Crippen LogP contribution in [0.3, 0.4) is 0 Å². The highest BCUT2D eigenvalue weighted by Gasteiger charge is 2.07. The Morgan fingerprint density at radius 3 is 2.59 bits per heavy atom. The van der Waals surface area contributed by atoms with Gasteiger partial charge in [-0.2, -0.15) is 0 Å². The standard InChI is InChI=1S/C12H9BrF2N2/c1-7-2-11(15)12(4-10(7)14)17-9-3-8(13)5-16-6-9/h2-6,17H,1H3. The third-order valence-electron chi connectivity index (χ3n) is 2.23. The minimum absolute atomic E-state index is 0.0907. The number of aromatic nitrogens is 1. The first-order valence-corrected chi connectivity index (χ1v) is 5.69. The van der Waals surface area contributed by atoms with Gasteiger partial charge in [0.05, 0.1) is 17.6 Å². The summed E-state index contributed by atoms with van der Waals surface area (Å²) >= 11 is 3.25. The Bertz CT molecular complexity index is 558. The molecule has 2 nitrogen and oxygen atoms in total. The number of anilines is 2. The Balaban J connectivity index is 2.33. The number of pyridine rings is 1. The highest BCUT2D eigenvalue weighted by molar-refractivity contribution is 9.10. The fraction of sp³-hybridized carbons (Fsp3) is 0.0833. The van der Waals surface area contributed by atoms with E-state index in [1.54, 1.807) is 12.3 Å². The van der Waals surface area contributed by atoms with Gasteiger partial charge in [0.1, 0.15) is 11.6 Å². The molecular weight excluding hydrogens is 290 g/mol. The van der Waals surface area contributed by atoms with Gasteiger partial charge in [-0.1, -0.05) is 0 Å². The second-order valence-corrected chi connectivity index (χ2v) is 4.51. The van der Waals surface area contributed by atoms with E-state index in [1.165, 1.54) is 13.1 Å². The second-order valence-electron chi connectivity index (χ2n) is 3.60. The van der Waals surface area contributed by atoms with Gasteiger partial charge in [0, 0.05) is 16.7 Å². The summed E-state index contributed by atoms with van der Waals surface area (Å²) in [7, 11) is 0. The molecule has 0 fully saturated rings. The fourth-order valence-electron chi connectivity index (χ4n) is 1.38. The van der Waals surface area contributed by atoms with Crippen molar-refractivity contribution in [1.29, 1.82) is 0 Å². The maximum Gasteiger partial charge on any atom is 0.147 e. The maximum atomic E-state index is 13.6. The van der Waals surface area contributed by atoms with Crippen LogP contribution >= 0.6 is 15.9 Å². The minimum atomic E-state index is -0.496. The number of hydrogen-bond acceptors (Lipinski definition) is 2. The molecule has 0 saturated heterocycles. The van der Waals surface area contributed by atoms with Crippen molar-refractivity contribution in [2.24, 2.45) is 0 Å². The molecule has 1 N–H and O–H groups in total. The van der Waals surface area contributed by atoms with Gasteiger partial charge in [-0.05, 0) is 40.5 Å². The molecule has 1 aromatic carbocycles. The lowest BCUT2D eigenvalue weighted by atomic mass is 10.2. The number of aryl methyl sites for hydroxylation is 1. The molecule has 2 rings (SSSR count). The summed E-state index contributed by atoms with van der Waals surface area (Å²) in [6, 6.07) is 4.01. The average molecular weight is 299 g/mol. The van der Waals surface area contributed by atoms with Crippen LogP contribution < -0.4 is 5.32 Å². The lowest BCUT2D eigenvalue weighted by Crippen LogP contribution is -1.97.